The molecule has 1 heterocycles. The fourth-order valence-corrected chi connectivity index (χ4v) is 13.3. The zero-order valence-electron chi connectivity index (χ0n) is 34.9. The second kappa shape index (κ2) is 14.0. The standard InChI is InChI=1S/C59H44BrN3/c60-53-29-27-49(28-30-53)57-34-51-33-52-35-58(36-57,59(51,52)37-57)50-25-23-42(24-26-50)45-19-20-47-32-48(22-21-46(47)31-45)56-62-54(43-15-11-40(12-16-43)38-7-3-1-4-8-38)61-55(63-56)44-17-13-41(14-18-44)39-9-5-2-6-10-39/h1-32,51-52H,33-37H2. The summed E-state index contributed by atoms with van der Waals surface area (Å²) in [5, 5.41) is 2.36. The van der Waals surface area contributed by atoms with E-state index < -0.39 is 0 Å². The highest BCUT2D eigenvalue weighted by Gasteiger charge is 2.84. The maximum absolute atomic E-state index is 5.12. The van der Waals surface area contributed by atoms with Gasteiger partial charge in [-0.05, 0) is 134 Å². The summed E-state index contributed by atoms with van der Waals surface area (Å²) in [7, 11) is 0. The normalized spacial score (nSPS) is 23.8. The van der Waals surface area contributed by atoms with E-state index in [2.05, 4.69) is 198 Å². The van der Waals surface area contributed by atoms with Gasteiger partial charge in [-0.1, -0.05) is 186 Å². The van der Waals surface area contributed by atoms with Crippen molar-refractivity contribution in [2.24, 2.45) is 17.3 Å². The molecule has 13 rings (SSSR count). The van der Waals surface area contributed by atoms with Crippen LogP contribution in [0.2, 0.25) is 0 Å². The molecule has 1 aromatic heterocycles. The number of hydrogen-bond acceptors (Lipinski definition) is 3. The molecule has 0 saturated heterocycles. The molecule has 2 bridgehead atoms. The molecule has 63 heavy (non-hydrogen) atoms. The van der Waals surface area contributed by atoms with E-state index in [1.54, 1.807) is 11.1 Å². The average Bonchev–Trinajstić information content (AvgIpc) is 3.82. The molecule has 0 radical (unpaired) electrons. The van der Waals surface area contributed by atoms with Crippen molar-refractivity contribution in [3.8, 4) is 67.5 Å². The third-order valence-electron chi connectivity index (χ3n) is 15.9. The van der Waals surface area contributed by atoms with Crippen molar-refractivity contribution in [2.75, 3.05) is 0 Å². The van der Waals surface area contributed by atoms with Crippen LogP contribution in [0.5, 0.6) is 0 Å². The fraction of sp³-hybridized carbons (Fsp3) is 0.169. The number of hydrogen-bond donors (Lipinski definition) is 0. The molecular weight excluding hydrogens is 831 g/mol. The van der Waals surface area contributed by atoms with Crippen molar-refractivity contribution in [1.82, 2.24) is 15.0 Å². The first-order valence-corrected chi connectivity index (χ1v) is 23.2. The molecule has 9 aromatic rings. The Kier molecular flexibility index (Phi) is 8.25. The summed E-state index contributed by atoms with van der Waals surface area (Å²) < 4.78 is 1.17. The SMILES string of the molecule is Brc1ccc(C23CC4CC5CC(c6ccc(-c7ccc8cc(-c9nc(-c%10ccc(-c%11ccccc%11)cc%10)nc(-c%10ccc(-c%11ccccc%11)cc%10)n9)ccc8c7)cc6)(C2)C45C3)cc1. The van der Waals surface area contributed by atoms with Crippen LogP contribution in [0.25, 0.3) is 78.3 Å². The lowest BCUT2D eigenvalue weighted by molar-refractivity contribution is -0.199. The first-order chi connectivity index (χ1) is 31.0. The zero-order chi connectivity index (χ0) is 41.8. The van der Waals surface area contributed by atoms with E-state index in [4.69, 9.17) is 15.0 Å². The molecule has 4 aliphatic rings. The molecular formula is C59H44BrN3. The Labute approximate surface area is 377 Å². The van der Waals surface area contributed by atoms with Crippen molar-refractivity contribution in [1.29, 1.82) is 0 Å². The van der Waals surface area contributed by atoms with Crippen LogP contribution in [0.15, 0.2) is 199 Å². The molecule has 5 atom stereocenters. The maximum atomic E-state index is 5.12. The van der Waals surface area contributed by atoms with Crippen molar-refractivity contribution >= 4 is 26.7 Å². The Morgan fingerprint density at radius 1 is 0.381 bits per heavy atom. The highest BCUT2D eigenvalue weighted by molar-refractivity contribution is 9.10. The molecule has 302 valence electrons. The smallest absolute Gasteiger partial charge is 0.164 e. The van der Waals surface area contributed by atoms with Crippen LogP contribution in [0.3, 0.4) is 0 Å². The minimum absolute atomic E-state index is 0.330. The number of benzene rings is 8. The summed E-state index contributed by atoms with van der Waals surface area (Å²) in [6.45, 7) is 0. The molecule has 8 aromatic carbocycles. The molecule has 5 unspecified atom stereocenters. The van der Waals surface area contributed by atoms with Crippen LogP contribution in [-0.2, 0) is 10.8 Å². The third kappa shape index (κ3) is 5.73. The predicted molar refractivity (Wildman–Crippen MR) is 260 cm³/mol. The first-order valence-electron chi connectivity index (χ1n) is 22.4. The number of rotatable bonds is 8. The maximum Gasteiger partial charge on any atom is 0.164 e. The fourth-order valence-electron chi connectivity index (χ4n) is 13.0. The molecule has 1 spiro atoms. The zero-order valence-corrected chi connectivity index (χ0v) is 36.5. The van der Waals surface area contributed by atoms with Crippen LogP contribution in [0.1, 0.15) is 43.2 Å². The second-order valence-electron chi connectivity index (χ2n) is 18.8. The molecule has 3 nitrogen and oxygen atoms in total. The van der Waals surface area contributed by atoms with Gasteiger partial charge in [-0.2, -0.15) is 0 Å². The molecule has 4 aliphatic carbocycles. The Balaban J connectivity index is 0.814. The van der Waals surface area contributed by atoms with Gasteiger partial charge in [0.25, 0.3) is 0 Å². The van der Waals surface area contributed by atoms with Crippen LogP contribution < -0.4 is 0 Å². The summed E-state index contributed by atoms with van der Waals surface area (Å²) in [4.78, 5) is 15.3. The van der Waals surface area contributed by atoms with E-state index in [9.17, 15) is 0 Å². The summed E-state index contributed by atoms with van der Waals surface area (Å²) in [5.74, 6) is 3.76. The van der Waals surface area contributed by atoms with Crippen LogP contribution >= 0.6 is 15.9 Å². The van der Waals surface area contributed by atoms with Gasteiger partial charge in [0.1, 0.15) is 0 Å². The minimum atomic E-state index is 0.330. The highest BCUT2D eigenvalue weighted by atomic mass is 79.9. The van der Waals surface area contributed by atoms with Gasteiger partial charge < -0.3 is 0 Å². The number of fused-ring (bicyclic) bond motifs is 2. The van der Waals surface area contributed by atoms with Gasteiger partial charge in [0.15, 0.2) is 17.5 Å². The Hall–Kier alpha value is -6.49. The monoisotopic (exact) mass is 873 g/mol. The summed E-state index contributed by atoms with van der Waals surface area (Å²) in [6.07, 6.45) is 6.87. The Morgan fingerprint density at radius 2 is 0.810 bits per heavy atom. The van der Waals surface area contributed by atoms with Crippen molar-refractivity contribution in [3.05, 3.63) is 210 Å². The van der Waals surface area contributed by atoms with Gasteiger partial charge in [0.05, 0.1) is 0 Å². The van der Waals surface area contributed by atoms with Gasteiger partial charge in [0.2, 0.25) is 0 Å². The summed E-state index contributed by atoms with van der Waals surface area (Å²) in [5.41, 5.74) is 14.4. The van der Waals surface area contributed by atoms with E-state index in [0.29, 0.717) is 33.7 Å². The average molecular weight is 875 g/mol. The molecule has 0 aliphatic heterocycles. The van der Waals surface area contributed by atoms with Crippen molar-refractivity contribution in [3.63, 3.8) is 0 Å². The molecule has 4 fully saturated rings. The summed E-state index contributed by atoms with van der Waals surface area (Å²) in [6, 6.07) is 70.5. The molecule has 4 saturated carbocycles. The van der Waals surface area contributed by atoms with Crippen molar-refractivity contribution < 1.29 is 0 Å². The van der Waals surface area contributed by atoms with Gasteiger partial charge >= 0.3 is 0 Å². The van der Waals surface area contributed by atoms with Gasteiger partial charge in [0, 0.05) is 26.6 Å². The third-order valence-corrected chi connectivity index (χ3v) is 16.4. The lowest BCUT2D eigenvalue weighted by Crippen LogP contribution is -2.69. The second-order valence-corrected chi connectivity index (χ2v) is 19.8. The Morgan fingerprint density at radius 3 is 1.38 bits per heavy atom. The van der Waals surface area contributed by atoms with Crippen LogP contribution in [-0.4, -0.2) is 15.0 Å². The molecule has 0 N–H and O–H groups in total. The predicted octanol–water partition coefficient (Wildman–Crippen LogP) is 15.2. The highest BCUT2D eigenvalue weighted by Crippen LogP contribution is 2.89. The topological polar surface area (TPSA) is 38.7 Å². The van der Waals surface area contributed by atoms with E-state index in [-0.39, 0.29) is 0 Å². The van der Waals surface area contributed by atoms with E-state index in [1.807, 2.05) is 12.1 Å². The van der Waals surface area contributed by atoms with Gasteiger partial charge in [-0.15, -0.1) is 0 Å². The quantitative estimate of drug-likeness (QED) is 0.153. The molecule has 4 heteroatoms. The van der Waals surface area contributed by atoms with E-state index >= 15 is 0 Å². The van der Waals surface area contributed by atoms with E-state index in [1.165, 1.54) is 64.2 Å². The number of nitrogens with zero attached hydrogens (tertiary/aromatic N) is 3. The first kappa shape index (κ1) is 37.1. The van der Waals surface area contributed by atoms with E-state index in [0.717, 1.165) is 45.0 Å². The molecule has 0 amide bonds. The lowest BCUT2D eigenvalue weighted by atomic mass is 9.30. The van der Waals surface area contributed by atoms with Gasteiger partial charge in [-0.25, -0.2) is 15.0 Å². The Bertz CT molecular complexity index is 3100. The number of aromatic nitrogens is 3. The van der Waals surface area contributed by atoms with Gasteiger partial charge in [-0.3, -0.25) is 0 Å². The minimum Gasteiger partial charge on any atom is -0.208 e. The largest absolute Gasteiger partial charge is 0.208 e. The van der Waals surface area contributed by atoms with Crippen molar-refractivity contribution in [2.45, 2.75) is 42.9 Å². The van der Waals surface area contributed by atoms with Crippen LogP contribution in [0.4, 0.5) is 0 Å². The lowest BCUT2D eigenvalue weighted by Gasteiger charge is -2.73. The van der Waals surface area contributed by atoms with Crippen LogP contribution in [0, 0.1) is 17.3 Å². The number of halogens is 1. The summed E-state index contributed by atoms with van der Waals surface area (Å²) >= 11 is 3.68.